The number of halogens is 5. The van der Waals surface area contributed by atoms with E-state index in [-0.39, 0.29) is 55.6 Å². The Balaban J connectivity index is 0. The number of carbonyl (C=O) groups is 1. The first-order valence-corrected chi connectivity index (χ1v) is 5.93. The third-order valence-electron chi connectivity index (χ3n) is 2.21. The van der Waals surface area contributed by atoms with Crippen LogP contribution in [0.2, 0.25) is 0 Å². The van der Waals surface area contributed by atoms with Gasteiger partial charge in [-0.05, 0) is 13.0 Å². The van der Waals surface area contributed by atoms with Crippen molar-refractivity contribution in [2.45, 2.75) is 32.1 Å². The predicted molar refractivity (Wildman–Crippen MR) is 80.4 cm³/mol. The van der Waals surface area contributed by atoms with Gasteiger partial charge in [0.1, 0.15) is 0 Å². The summed E-state index contributed by atoms with van der Waals surface area (Å²) in [5.41, 5.74) is 5.84. The summed E-state index contributed by atoms with van der Waals surface area (Å²) in [4.78, 5) is 15.1. The van der Waals surface area contributed by atoms with Crippen molar-refractivity contribution < 1.29 is 22.7 Å². The highest BCUT2D eigenvalue weighted by Gasteiger charge is 2.29. The van der Waals surface area contributed by atoms with Gasteiger partial charge in [-0.3, -0.25) is 4.79 Å². The molecule has 0 radical (unpaired) electrons. The van der Waals surface area contributed by atoms with E-state index in [2.05, 4.69) is 15.0 Å². The van der Waals surface area contributed by atoms with E-state index in [1.54, 1.807) is 13.0 Å². The smallest absolute Gasteiger partial charge is 0.422 e. The van der Waals surface area contributed by atoms with Crippen LogP contribution in [-0.4, -0.2) is 29.7 Å². The number of amides is 1. The van der Waals surface area contributed by atoms with Crippen LogP contribution in [-0.2, 0) is 11.3 Å². The lowest BCUT2D eigenvalue weighted by atomic mass is 10.2. The van der Waals surface area contributed by atoms with Crippen LogP contribution in [0.1, 0.15) is 18.9 Å². The molecule has 0 aromatic carbocycles. The number of nitrogens with two attached hydrogens (primary N) is 1. The Morgan fingerprint density at radius 1 is 1.45 bits per heavy atom. The predicted octanol–water partition coefficient (Wildman–Crippen LogP) is 2.22. The number of alkyl halides is 3. The van der Waals surface area contributed by atoms with Gasteiger partial charge in [0.25, 0.3) is 0 Å². The van der Waals surface area contributed by atoms with Gasteiger partial charge in [-0.15, -0.1) is 24.8 Å². The lowest BCUT2D eigenvalue weighted by Crippen LogP contribution is -2.29. The minimum atomic E-state index is -4.44. The van der Waals surface area contributed by atoms with Gasteiger partial charge in [0.2, 0.25) is 11.8 Å². The first kappa shape index (κ1) is 23.0. The van der Waals surface area contributed by atoms with Crippen molar-refractivity contribution in [1.82, 2.24) is 10.3 Å². The van der Waals surface area contributed by atoms with Gasteiger partial charge >= 0.3 is 6.18 Å². The number of hydrogen-bond donors (Lipinski definition) is 2. The molecule has 1 unspecified atom stereocenters. The van der Waals surface area contributed by atoms with Crippen LogP contribution in [0, 0.1) is 0 Å². The standard InChI is InChI=1S/C12H16F3N3O2.2ClH/c1-8(16)5-10(19)18-6-9-3-2-4-17-11(9)20-7-12(13,14)15;;/h2-4,8H,5-7,16H2,1H3,(H,18,19);2*1H. The Bertz CT molecular complexity index is 459. The maximum Gasteiger partial charge on any atom is 0.422 e. The third-order valence-corrected chi connectivity index (χ3v) is 2.21. The zero-order valence-corrected chi connectivity index (χ0v) is 13.4. The molecule has 1 aromatic rings. The molecular formula is C12H18Cl2F3N3O2. The molecule has 0 aliphatic rings. The largest absolute Gasteiger partial charge is 0.468 e. The summed E-state index contributed by atoms with van der Waals surface area (Å²) in [6, 6.07) is 2.79. The summed E-state index contributed by atoms with van der Waals surface area (Å²) in [5.74, 6) is -0.434. The molecule has 1 amide bonds. The molecule has 5 nitrogen and oxygen atoms in total. The van der Waals surface area contributed by atoms with Crippen LogP contribution in [0.4, 0.5) is 13.2 Å². The molecule has 1 atom stereocenters. The second-order valence-electron chi connectivity index (χ2n) is 4.33. The molecule has 0 fully saturated rings. The van der Waals surface area contributed by atoms with E-state index in [1.807, 2.05) is 0 Å². The number of hydrogen-bond acceptors (Lipinski definition) is 4. The average molecular weight is 364 g/mol. The number of pyridine rings is 1. The normalized spacial score (nSPS) is 11.7. The van der Waals surface area contributed by atoms with E-state index in [0.717, 1.165) is 0 Å². The molecule has 10 heteroatoms. The van der Waals surface area contributed by atoms with Crippen molar-refractivity contribution in [3.8, 4) is 5.88 Å². The second-order valence-corrected chi connectivity index (χ2v) is 4.33. The van der Waals surface area contributed by atoms with Crippen molar-refractivity contribution in [1.29, 1.82) is 0 Å². The Morgan fingerprint density at radius 2 is 2.09 bits per heavy atom. The Labute approximate surface area is 138 Å². The minimum Gasteiger partial charge on any atom is -0.468 e. The summed E-state index contributed by atoms with van der Waals surface area (Å²) in [6.07, 6.45) is -2.98. The first-order valence-electron chi connectivity index (χ1n) is 5.93. The van der Waals surface area contributed by atoms with Crippen molar-refractivity contribution in [2.24, 2.45) is 5.73 Å². The minimum absolute atomic E-state index is 0. The van der Waals surface area contributed by atoms with Crippen LogP contribution in [0.15, 0.2) is 18.3 Å². The lowest BCUT2D eigenvalue weighted by Gasteiger charge is -2.12. The van der Waals surface area contributed by atoms with Crippen molar-refractivity contribution in [2.75, 3.05) is 6.61 Å². The monoisotopic (exact) mass is 363 g/mol. The maximum absolute atomic E-state index is 12.1. The molecule has 3 N–H and O–H groups in total. The highest BCUT2D eigenvalue weighted by Crippen LogP contribution is 2.19. The number of aromatic nitrogens is 1. The number of ether oxygens (including phenoxy) is 1. The highest BCUT2D eigenvalue weighted by molar-refractivity contribution is 5.85. The van der Waals surface area contributed by atoms with Gasteiger partial charge in [0, 0.05) is 30.8 Å². The molecular weight excluding hydrogens is 346 g/mol. The molecule has 128 valence electrons. The number of rotatable bonds is 6. The van der Waals surface area contributed by atoms with E-state index in [9.17, 15) is 18.0 Å². The first-order chi connectivity index (χ1) is 9.28. The zero-order chi connectivity index (χ0) is 15.2. The second kappa shape index (κ2) is 10.5. The molecule has 0 spiro atoms. The van der Waals surface area contributed by atoms with E-state index < -0.39 is 12.8 Å². The van der Waals surface area contributed by atoms with Gasteiger partial charge in [-0.25, -0.2) is 4.98 Å². The van der Waals surface area contributed by atoms with E-state index in [1.165, 1.54) is 12.3 Å². The van der Waals surface area contributed by atoms with Gasteiger partial charge < -0.3 is 15.8 Å². The number of nitrogens with one attached hydrogen (secondary N) is 1. The number of carbonyl (C=O) groups excluding carboxylic acids is 1. The molecule has 0 aliphatic carbocycles. The molecule has 22 heavy (non-hydrogen) atoms. The SMILES string of the molecule is CC(N)CC(=O)NCc1cccnc1OCC(F)(F)F.Cl.Cl. The molecule has 1 heterocycles. The summed E-state index contributed by atoms with van der Waals surface area (Å²) < 4.78 is 40.9. The lowest BCUT2D eigenvalue weighted by molar-refractivity contribution is -0.154. The zero-order valence-electron chi connectivity index (χ0n) is 11.7. The molecule has 0 aliphatic heterocycles. The molecule has 1 rings (SSSR count). The van der Waals surface area contributed by atoms with E-state index >= 15 is 0 Å². The van der Waals surface area contributed by atoms with Crippen molar-refractivity contribution in [3.05, 3.63) is 23.9 Å². The maximum atomic E-state index is 12.1. The highest BCUT2D eigenvalue weighted by atomic mass is 35.5. The van der Waals surface area contributed by atoms with Gasteiger partial charge in [0.15, 0.2) is 6.61 Å². The Kier molecular flexibility index (Phi) is 11.0. The fraction of sp³-hybridized carbons (Fsp3) is 0.500. The van der Waals surface area contributed by atoms with Crippen LogP contribution >= 0.6 is 24.8 Å². The van der Waals surface area contributed by atoms with E-state index in [4.69, 9.17) is 5.73 Å². The summed E-state index contributed by atoms with van der Waals surface area (Å²) in [6.45, 7) is 0.291. The van der Waals surface area contributed by atoms with Crippen LogP contribution in [0.5, 0.6) is 5.88 Å². The van der Waals surface area contributed by atoms with Gasteiger partial charge in [0.05, 0.1) is 0 Å². The fourth-order valence-electron chi connectivity index (χ4n) is 1.40. The van der Waals surface area contributed by atoms with Crippen LogP contribution < -0.4 is 15.8 Å². The molecule has 1 aromatic heterocycles. The average Bonchev–Trinajstić information content (AvgIpc) is 2.33. The Morgan fingerprint density at radius 3 is 2.64 bits per heavy atom. The molecule has 0 saturated carbocycles. The fourth-order valence-corrected chi connectivity index (χ4v) is 1.40. The molecule has 0 saturated heterocycles. The van der Waals surface area contributed by atoms with Gasteiger partial charge in [-0.2, -0.15) is 13.2 Å². The summed E-state index contributed by atoms with van der Waals surface area (Å²) in [7, 11) is 0. The quantitative estimate of drug-likeness (QED) is 0.812. The van der Waals surface area contributed by atoms with Gasteiger partial charge in [-0.1, -0.05) is 6.07 Å². The van der Waals surface area contributed by atoms with Crippen molar-refractivity contribution in [3.63, 3.8) is 0 Å². The van der Waals surface area contributed by atoms with E-state index in [0.29, 0.717) is 5.56 Å². The molecule has 0 bridgehead atoms. The van der Waals surface area contributed by atoms with Crippen LogP contribution in [0.25, 0.3) is 0 Å². The Hall–Kier alpha value is -1.25. The summed E-state index contributed by atoms with van der Waals surface area (Å²) >= 11 is 0. The van der Waals surface area contributed by atoms with Crippen molar-refractivity contribution >= 4 is 30.7 Å². The topological polar surface area (TPSA) is 77.2 Å². The summed E-state index contributed by atoms with van der Waals surface area (Å²) in [5, 5.41) is 2.55. The number of nitrogens with zero attached hydrogens (tertiary/aromatic N) is 1. The third kappa shape index (κ3) is 9.64. The van der Waals surface area contributed by atoms with Crippen LogP contribution in [0.3, 0.4) is 0 Å².